The van der Waals surface area contributed by atoms with Crippen molar-refractivity contribution in [2.45, 2.75) is 46.2 Å². The lowest BCUT2D eigenvalue weighted by Gasteiger charge is -2.37. The van der Waals surface area contributed by atoms with Crippen LogP contribution in [-0.4, -0.2) is 27.7 Å². The third-order valence-electron chi connectivity index (χ3n) is 5.48. The topological polar surface area (TPSA) is 45.5 Å². The Kier molecular flexibility index (Phi) is 5.47. The molecule has 1 aliphatic rings. The van der Waals surface area contributed by atoms with E-state index in [2.05, 4.69) is 11.8 Å². The molecule has 1 aromatic carbocycles. The van der Waals surface area contributed by atoms with Crippen LogP contribution in [0.1, 0.15) is 49.6 Å². The fourth-order valence-corrected chi connectivity index (χ4v) is 3.91. The van der Waals surface area contributed by atoms with E-state index in [0.717, 1.165) is 37.2 Å². The van der Waals surface area contributed by atoms with E-state index in [-0.39, 0.29) is 23.2 Å². The molecule has 0 unspecified atom stereocenters. The van der Waals surface area contributed by atoms with Crippen LogP contribution in [0.4, 0.5) is 4.39 Å². The van der Waals surface area contributed by atoms with E-state index in [4.69, 9.17) is 0 Å². The molecular weight excluding hydrogens is 331 g/mol. The van der Waals surface area contributed by atoms with E-state index < -0.39 is 0 Å². The van der Waals surface area contributed by atoms with Crippen molar-refractivity contribution in [1.82, 2.24) is 9.47 Å². The Morgan fingerprint density at radius 3 is 2.42 bits per heavy atom. The van der Waals surface area contributed by atoms with Crippen LogP contribution in [0, 0.1) is 18.7 Å². The van der Waals surface area contributed by atoms with Gasteiger partial charge in [-0.15, -0.1) is 0 Å². The molecule has 1 N–H and O–H groups in total. The van der Waals surface area contributed by atoms with Gasteiger partial charge < -0.3 is 9.67 Å². The number of aryl methyl sites for hydroxylation is 1. The monoisotopic (exact) mass is 358 g/mol. The summed E-state index contributed by atoms with van der Waals surface area (Å²) in [5.41, 5.74) is 1.79. The van der Waals surface area contributed by atoms with Crippen molar-refractivity contribution >= 4 is 0 Å². The number of pyridine rings is 1. The van der Waals surface area contributed by atoms with Crippen LogP contribution in [0.25, 0.3) is 0 Å². The highest BCUT2D eigenvalue weighted by atomic mass is 19.1. The zero-order valence-electron chi connectivity index (χ0n) is 15.7. The first-order valence-corrected chi connectivity index (χ1v) is 9.35. The van der Waals surface area contributed by atoms with Gasteiger partial charge in [0.15, 0.2) is 0 Å². The van der Waals surface area contributed by atoms with Gasteiger partial charge in [0.1, 0.15) is 11.6 Å². The number of nitrogens with zero attached hydrogens (tertiary/aromatic N) is 2. The summed E-state index contributed by atoms with van der Waals surface area (Å²) in [4.78, 5) is 15.4. The molecule has 0 bridgehead atoms. The molecule has 3 rings (SSSR count). The fourth-order valence-electron chi connectivity index (χ4n) is 3.91. The molecule has 1 atom stereocenters. The molecular formula is C21H27FN2O2. The summed E-state index contributed by atoms with van der Waals surface area (Å²) in [5.74, 6) is 0.364. The Bertz CT molecular complexity index is 821. The Hall–Kier alpha value is -2.14. The fraction of sp³-hybridized carbons (Fsp3) is 0.476. The number of piperidine rings is 1. The standard InChI is InChI=1S/C21H27FN2O2/c1-4-24-15(3)13-18(25)19(21(24)26)20(16-5-7-17(22)8-6-16)23-11-9-14(2)10-12-23/h5-8,13-14,20,25H,4,9-12H2,1-3H3/t20-/m1/s1. The van der Waals surface area contributed by atoms with E-state index >= 15 is 0 Å². The van der Waals surface area contributed by atoms with Crippen LogP contribution in [0.15, 0.2) is 35.1 Å². The Balaban J connectivity index is 2.15. The quantitative estimate of drug-likeness (QED) is 0.903. The second kappa shape index (κ2) is 7.62. The van der Waals surface area contributed by atoms with Gasteiger partial charge >= 0.3 is 0 Å². The zero-order valence-corrected chi connectivity index (χ0v) is 15.7. The Labute approximate surface area is 153 Å². The van der Waals surface area contributed by atoms with Crippen molar-refractivity contribution in [2.75, 3.05) is 13.1 Å². The van der Waals surface area contributed by atoms with Crippen molar-refractivity contribution in [3.8, 4) is 5.75 Å². The lowest BCUT2D eigenvalue weighted by molar-refractivity contribution is 0.154. The number of hydrogen-bond donors (Lipinski definition) is 1. The maximum absolute atomic E-state index is 13.4. The number of likely N-dealkylation sites (tertiary alicyclic amines) is 1. The van der Waals surface area contributed by atoms with Gasteiger partial charge in [0.2, 0.25) is 0 Å². The molecule has 26 heavy (non-hydrogen) atoms. The lowest BCUT2D eigenvalue weighted by atomic mass is 9.92. The molecule has 2 heterocycles. The van der Waals surface area contributed by atoms with Crippen LogP contribution in [0.2, 0.25) is 0 Å². The number of hydrogen-bond acceptors (Lipinski definition) is 3. The van der Waals surface area contributed by atoms with Crippen molar-refractivity contribution in [3.63, 3.8) is 0 Å². The predicted octanol–water partition coefficient (Wildman–Crippen LogP) is 3.84. The summed E-state index contributed by atoms with van der Waals surface area (Å²) < 4.78 is 15.1. The van der Waals surface area contributed by atoms with Gasteiger partial charge in [0.05, 0.1) is 11.6 Å². The van der Waals surface area contributed by atoms with Gasteiger partial charge in [0.25, 0.3) is 5.56 Å². The van der Waals surface area contributed by atoms with E-state index in [1.54, 1.807) is 22.8 Å². The maximum atomic E-state index is 13.4. The largest absolute Gasteiger partial charge is 0.507 e. The molecule has 0 saturated carbocycles. The first-order valence-electron chi connectivity index (χ1n) is 9.35. The first-order chi connectivity index (χ1) is 12.4. The highest BCUT2D eigenvalue weighted by Gasteiger charge is 2.31. The lowest BCUT2D eigenvalue weighted by Crippen LogP contribution is -2.40. The second-order valence-electron chi connectivity index (χ2n) is 7.31. The number of rotatable bonds is 4. The minimum Gasteiger partial charge on any atom is -0.507 e. The first kappa shape index (κ1) is 18.6. The number of halogens is 1. The molecule has 140 valence electrons. The summed E-state index contributed by atoms with van der Waals surface area (Å²) >= 11 is 0. The summed E-state index contributed by atoms with van der Waals surface area (Å²) in [7, 11) is 0. The van der Waals surface area contributed by atoms with Crippen LogP contribution in [0.5, 0.6) is 5.75 Å². The molecule has 1 aromatic heterocycles. The number of aromatic hydroxyl groups is 1. The predicted molar refractivity (Wildman–Crippen MR) is 101 cm³/mol. The molecule has 1 aliphatic heterocycles. The second-order valence-corrected chi connectivity index (χ2v) is 7.31. The third-order valence-corrected chi connectivity index (χ3v) is 5.48. The van der Waals surface area contributed by atoms with Gasteiger partial charge in [-0.3, -0.25) is 9.69 Å². The molecule has 0 spiro atoms. The van der Waals surface area contributed by atoms with Gasteiger partial charge in [-0.2, -0.15) is 0 Å². The average Bonchev–Trinajstić information content (AvgIpc) is 2.61. The van der Waals surface area contributed by atoms with Crippen molar-refractivity contribution < 1.29 is 9.50 Å². The summed E-state index contributed by atoms with van der Waals surface area (Å²) in [6.07, 6.45) is 2.10. The molecule has 0 amide bonds. The summed E-state index contributed by atoms with van der Waals surface area (Å²) in [5, 5.41) is 10.6. The van der Waals surface area contributed by atoms with E-state index in [0.29, 0.717) is 18.0 Å². The molecule has 1 saturated heterocycles. The molecule has 0 radical (unpaired) electrons. The molecule has 5 heteroatoms. The van der Waals surface area contributed by atoms with Crippen LogP contribution in [0.3, 0.4) is 0 Å². The van der Waals surface area contributed by atoms with Gasteiger partial charge in [-0.05, 0) is 69.5 Å². The average molecular weight is 358 g/mol. The smallest absolute Gasteiger partial charge is 0.259 e. The van der Waals surface area contributed by atoms with E-state index in [1.807, 2.05) is 13.8 Å². The van der Waals surface area contributed by atoms with E-state index in [9.17, 15) is 14.3 Å². The Morgan fingerprint density at radius 2 is 1.85 bits per heavy atom. The minimum absolute atomic E-state index is 0.0187. The zero-order chi connectivity index (χ0) is 18.8. The number of aromatic nitrogens is 1. The molecule has 0 aliphatic carbocycles. The number of benzene rings is 1. The highest BCUT2D eigenvalue weighted by molar-refractivity contribution is 5.41. The SMILES string of the molecule is CCn1c(C)cc(O)c([C@@H](c2ccc(F)cc2)N2CCC(C)CC2)c1=O. The van der Waals surface area contributed by atoms with Crippen molar-refractivity contribution in [3.05, 3.63) is 63.3 Å². The van der Waals surface area contributed by atoms with Crippen LogP contribution in [-0.2, 0) is 6.54 Å². The molecule has 1 fully saturated rings. The normalized spacial score (nSPS) is 17.4. The van der Waals surface area contributed by atoms with Crippen LogP contribution >= 0.6 is 0 Å². The minimum atomic E-state index is -0.367. The molecule has 2 aromatic rings. The van der Waals surface area contributed by atoms with Crippen molar-refractivity contribution in [1.29, 1.82) is 0 Å². The highest BCUT2D eigenvalue weighted by Crippen LogP contribution is 2.35. The van der Waals surface area contributed by atoms with Gasteiger partial charge in [-0.25, -0.2) is 4.39 Å². The van der Waals surface area contributed by atoms with Crippen LogP contribution < -0.4 is 5.56 Å². The van der Waals surface area contributed by atoms with Gasteiger partial charge in [0, 0.05) is 12.2 Å². The maximum Gasteiger partial charge on any atom is 0.259 e. The third kappa shape index (κ3) is 3.54. The Morgan fingerprint density at radius 1 is 1.23 bits per heavy atom. The van der Waals surface area contributed by atoms with Crippen molar-refractivity contribution in [2.24, 2.45) is 5.92 Å². The van der Waals surface area contributed by atoms with Gasteiger partial charge in [-0.1, -0.05) is 19.1 Å². The molecule has 4 nitrogen and oxygen atoms in total. The summed E-state index contributed by atoms with van der Waals surface area (Å²) in [6, 6.07) is 7.55. The summed E-state index contributed by atoms with van der Waals surface area (Å²) in [6.45, 7) is 8.22. The van der Waals surface area contributed by atoms with E-state index in [1.165, 1.54) is 12.1 Å².